The summed E-state index contributed by atoms with van der Waals surface area (Å²) in [5.41, 5.74) is 6.96. The maximum atomic E-state index is 3.82. The Morgan fingerprint density at radius 1 is 1.27 bits per heavy atom. The predicted molar refractivity (Wildman–Crippen MR) is 63.5 cm³/mol. The summed E-state index contributed by atoms with van der Waals surface area (Å²) >= 11 is 0. The van der Waals surface area contributed by atoms with Gasteiger partial charge in [-0.2, -0.15) is 0 Å². The Labute approximate surface area is 92.6 Å². The maximum Gasteiger partial charge on any atom is 0.0476 e. The number of fused-ring (bicyclic) bond motifs is 1. The molecule has 15 heavy (non-hydrogen) atoms. The van der Waals surface area contributed by atoms with Crippen molar-refractivity contribution in [1.29, 1.82) is 0 Å². The van der Waals surface area contributed by atoms with Crippen LogP contribution >= 0.6 is 0 Å². The highest BCUT2D eigenvalue weighted by atomic mass is 15.0. The van der Waals surface area contributed by atoms with Crippen molar-refractivity contribution in [2.24, 2.45) is 5.41 Å². The first kappa shape index (κ1) is 9.50. The van der Waals surface area contributed by atoms with E-state index in [0.717, 1.165) is 0 Å². The Bertz CT molecular complexity index is 371. The quantitative estimate of drug-likeness (QED) is 0.635. The molecule has 2 aliphatic carbocycles. The van der Waals surface area contributed by atoms with Gasteiger partial charge in [0.25, 0.3) is 0 Å². The van der Waals surface area contributed by atoms with Gasteiger partial charge in [0.05, 0.1) is 0 Å². The van der Waals surface area contributed by atoms with Gasteiger partial charge in [-0.25, -0.2) is 0 Å². The average Bonchev–Trinajstić information content (AvgIpc) is 2.73. The summed E-state index contributed by atoms with van der Waals surface area (Å²) in [5, 5.41) is 3.82. The summed E-state index contributed by atoms with van der Waals surface area (Å²) in [6.07, 6.45) is 6.67. The molecule has 0 saturated heterocycles. The van der Waals surface area contributed by atoms with Gasteiger partial charge < -0.3 is 5.32 Å². The molecule has 1 N–H and O–H groups in total. The molecule has 0 bridgehead atoms. The first-order chi connectivity index (χ1) is 7.09. The van der Waals surface area contributed by atoms with E-state index in [1.165, 1.54) is 32.1 Å². The fourth-order valence-electron chi connectivity index (χ4n) is 3.57. The Balaban J connectivity index is 2.08. The molecular formula is C14H21N. The second-order valence-electron chi connectivity index (χ2n) is 5.98. The SMILES string of the molecule is CC1=C2CCCC2NC2=C1CCC2(C)C. The lowest BCUT2D eigenvalue weighted by Crippen LogP contribution is -2.36. The van der Waals surface area contributed by atoms with Crippen LogP contribution in [0.5, 0.6) is 0 Å². The van der Waals surface area contributed by atoms with Gasteiger partial charge >= 0.3 is 0 Å². The summed E-state index contributed by atoms with van der Waals surface area (Å²) < 4.78 is 0. The minimum Gasteiger partial charge on any atom is -0.381 e. The molecule has 0 aromatic rings. The van der Waals surface area contributed by atoms with Crippen molar-refractivity contribution in [3.63, 3.8) is 0 Å². The van der Waals surface area contributed by atoms with E-state index in [1.807, 2.05) is 0 Å². The van der Waals surface area contributed by atoms with Crippen molar-refractivity contribution >= 4 is 0 Å². The van der Waals surface area contributed by atoms with E-state index in [2.05, 4.69) is 26.1 Å². The van der Waals surface area contributed by atoms with E-state index in [-0.39, 0.29) is 0 Å². The Hall–Kier alpha value is -0.720. The minimum absolute atomic E-state index is 0.394. The van der Waals surface area contributed by atoms with Crippen LogP contribution in [0.2, 0.25) is 0 Å². The molecule has 1 heterocycles. The molecule has 3 rings (SSSR count). The van der Waals surface area contributed by atoms with Crippen molar-refractivity contribution in [2.45, 2.75) is 58.9 Å². The van der Waals surface area contributed by atoms with Crippen LogP contribution in [0, 0.1) is 5.41 Å². The number of dihydropyridines is 1. The lowest BCUT2D eigenvalue weighted by Gasteiger charge is -2.32. The number of hydrogen-bond acceptors (Lipinski definition) is 1. The smallest absolute Gasteiger partial charge is 0.0476 e. The molecule has 1 nitrogen and oxygen atoms in total. The fourth-order valence-corrected chi connectivity index (χ4v) is 3.57. The van der Waals surface area contributed by atoms with Crippen molar-refractivity contribution in [3.8, 4) is 0 Å². The van der Waals surface area contributed by atoms with Crippen LogP contribution in [0.1, 0.15) is 52.9 Å². The molecular weight excluding hydrogens is 182 g/mol. The molecule has 0 radical (unpaired) electrons. The third kappa shape index (κ3) is 1.22. The first-order valence-corrected chi connectivity index (χ1v) is 6.30. The number of nitrogens with one attached hydrogen (secondary N) is 1. The normalized spacial score (nSPS) is 32.9. The molecule has 0 amide bonds. The number of rotatable bonds is 0. The van der Waals surface area contributed by atoms with E-state index < -0.39 is 0 Å². The van der Waals surface area contributed by atoms with Crippen LogP contribution < -0.4 is 5.32 Å². The van der Waals surface area contributed by atoms with Crippen LogP contribution in [-0.2, 0) is 0 Å². The van der Waals surface area contributed by atoms with E-state index in [0.29, 0.717) is 11.5 Å². The monoisotopic (exact) mass is 203 g/mol. The van der Waals surface area contributed by atoms with Crippen LogP contribution in [0.25, 0.3) is 0 Å². The Morgan fingerprint density at radius 3 is 2.87 bits per heavy atom. The van der Waals surface area contributed by atoms with Crippen molar-refractivity contribution in [1.82, 2.24) is 5.32 Å². The highest BCUT2D eigenvalue weighted by molar-refractivity contribution is 5.48. The third-order valence-electron chi connectivity index (χ3n) is 4.59. The molecule has 1 aliphatic heterocycles. The average molecular weight is 203 g/mol. The van der Waals surface area contributed by atoms with E-state index >= 15 is 0 Å². The van der Waals surface area contributed by atoms with Gasteiger partial charge in [0.2, 0.25) is 0 Å². The van der Waals surface area contributed by atoms with Gasteiger partial charge in [0.15, 0.2) is 0 Å². The second kappa shape index (κ2) is 2.90. The van der Waals surface area contributed by atoms with Crippen molar-refractivity contribution in [2.75, 3.05) is 0 Å². The van der Waals surface area contributed by atoms with Gasteiger partial charge in [-0.15, -0.1) is 0 Å². The topological polar surface area (TPSA) is 12.0 Å². The van der Waals surface area contributed by atoms with E-state index in [1.54, 1.807) is 22.4 Å². The fraction of sp³-hybridized carbons (Fsp3) is 0.714. The molecule has 82 valence electrons. The third-order valence-corrected chi connectivity index (χ3v) is 4.59. The molecule has 1 saturated carbocycles. The summed E-state index contributed by atoms with van der Waals surface area (Å²) in [6.45, 7) is 7.12. The van der Waals surface area contributed by atoms with Gasteiger partial charge in [-0.1, -0.05) is 13.8 Å². The molecule has 0 aromatic carbocycles. The zero-order valence-electron chi connectivity index (χ0n) is 10.1. The van der Waals surface area contributed by atoms with E-state index in [4.69, 9.17) is 0 Å². The Kier molecular flexibility index (Phi) is 1.84. The summed E-state index contributed by atoms with van der Waals surface area (Å²) in [7, 11) is 0. The molecule has 0 spiro atoms. The second-order valence-corrected chi connectivity index (χ2v) is 5.98. The summed E-state index contributed by atoms with van der Waals surface area (Å²) in [4.78, 5) is 0. The molecule has 1 atom stereocenters. The summed E-state index contributed by atoms with van der Waals surface area (Å²) in [5.74, 6) is 0. The van der Waals surface area contributed by atoms with Gasteiger partial charge in [-0.3, -0.25) is 0 Å². The van der Waals surface area contributed by atoms with Gasteiger partial charge in [0, 0.05) is 17.2 Å². The maximum absolute atomic E-state index is 3.82. The lowest BCUT2D eigenvalue weighted by molar-refractivity contribution is 0.402. The molecule has 1 unspecified atom stereocenters. The zero-order chi connectivity index (χ0) is 10.6. The largest absolute Gasteiger partial charge is 0.381 e. The van der Waals surface area contributed by atoms with E-state index in [9.17, 15) is 0 Å². The van der Waals surface area contributed by atoms with Crippen LogP contribution in [-0.4, -0.2) is 6.04 Å². The Morgan fingerprint density at radius 2 is 2.07 bits per heavy atom. The molecule has 0 aromatic heterocycles. The minimum atomic E-state index is 0.394. The van der Waals surface area contributed by atoms with Gasteiger partial charge in [-0.05, 0) is 55.7 Å². The first-order valence-electron chi connectivity index (χ1n) is 6.30. The van der Waals surface area contributed by atoms with Crippen LogP contribution in [0.4, 0.5) is 0 Å². The molecule has 3 aliphatic rings. The highest BCUT2D eigenvalue weighted by Gasteiger charge is 2.39. The zero-order valence-corrected chi connectivity index (χ0v) is 10.1. The number of allylic oxidation sites excluding steroid dienone is 3. The molecule has 1 heteroatoms. The van der Waals surface area contributed by atoms with Crippen molar-refractivity contribution in [3.05, 3.63) is 22.4 Å². The predicted octanol–water partition coefficient (Wildman–Crippen LogP) is 3.53. The summed E-state index contributed by atoms with van der Waals surface area (Å²) in [6, 6.07) is 0.682. The lowest BCUT2D eigenvalue weighted by atomic mass is 9.86. The van der Waals surface area contributed by atoms with Gasteiger partial charge in [0.1, 0.15) is 0 Å². The molecule has 1 fully saturated rings. The number of hydrogen-bond donors (Lipinski definition) is 1. The van der Waals surface area contributed by atoms with Crippen LogP contribution in [0.15, 0.2) is 22.4 Å². The standard InChI is InChI=1S/C14H21N/c1-9-10-5-4-6-12(10)15-13-11(9)7-8-14(13,2)3/h12,15H,4-8H2,1-3H3. The highest BCUT2D eigenvalue weighted by Crippen LogP contribution is 2.48. The van der Waals surface area contributed by atoms with Crippen molar-refractivity contribution < 1.29 is 0 Å². The van der Waals surface area contributed by atoms with Crippen LogP contribution in [0.3, 0.4) is 0 Å².